The Kier molecular flexibility index (Phi) is 6.39. The van der Waals surface area contributed by atoms with Gasteiger partial charge in [0, 0.05) is 31.5 Å². The van der Waals surface area contributed by atoms with E-state index in [2.05, 4.69) is 4.98 Å². The highest BCUT2D eigenvalue weighted by Gasteiger charge is 2.29. The van der Waals surface area contributed by atoms with E-state index in [1.807, 2.05) is 55.5 Å². The Bertz CT molecular complexity index is 1130. The van der Waals surface area contributed by atoms with E-state index in [-0.39, 0.29) is 17.8 Å². The smallest absolute Gasteiger partial charge is 0.409 e. The molecule has 4 rings (SSSR count). The maximum absolute atomic E-state index is 11.5. The normalized spacial score (nSPS) is 15.3. The molecule has 0 aliphatic carbocycles. The van der Waals surface area contributed by atoms with Crippen LogP contribution in [0.25, 0.3) is 0 Å². The third-order valence-electron chi connectivity index (χ3n) is 5.55. The maximum Gasteiger partial charge on any atom is 0.409 e. The van der Waals surface area contributed by atoms with Crippen molar-refractivity contribution in [2.24, 2.45) is 0 Å². The van der Waals surface area contributed by atoms with Crippen LogP contribution in [0.3, 0.4) is 0 Å². The molecule has 0 saturated carbocycles. The summed E-state index contributed by atoms with van der Waals surface area (Å²) in [4.78, 5) is 30.1. The van der Waals surface area contributed by atoms with Crippen molar-refractivity contribution in [2.45, 2.75) is 19.4 Å². The van der Waals surface area contributed by atoms with Crippen molar-refractivity contribution in [3.05, 3.63) is 82.5 Å². The zero-order chi connectivity index (χ0) is 23.4. The predicted molar refractivity (Wildman–Crippen MR) is 123 cm³/mol. The number of carbonyl (C=O) groups excluding carboxylic acids is 1. The molecule has 1 aliphatic heterocycles. The van der Waals surface area contributed by atoms with Gasteiger partial charge in [0.25, 0.3) is 0 Å². The molecule has 1 aromatic heterocycles. The van der Waals surface area contributed by atoms with Crippen molar-refractivity contribution in [2.75, 3.05) is 25.1 Å². The van der Waals surface area contributed by atoms with E-state index < -0.39 is 4.92 Å². The molecule has 9 heteroatoms. The molecule has 1 unspecified atom stereocenters. The minimum Gasteiger partial charge on any atom is -0.457 e. The lowest BCUT2D eigenvalue weighted by molar-refractivity contribution is -0.384. The topological polar surface area (TPSA) is 98.0 Å². The molecule has 0 radical (unpaired) electrons. The van der Waals surface area contributed by atoms with Gasteiger partial charge in [-0.1, -0.05) is 12.1 Å². The van der Waals surface area contributed by atoms with Gasteiger partial charge in [0.05, 0.1) is 11.0 Å². The molecule has 2 aromatic carbocycles. The zero-order valence-corrected chi connectivity index (χ0v) is 18.4. The second-order valence-electron chi connectivity index (χ2n) is 7.63. The SMILES string of the molecule is CCN(c1ccc(Oc2ccc(CC3COC(=O)N3C)cc2)cc1)c1ncccc1[N+](=O)[O-]. The van der Waals surface area contributed by atoms with Gasteiger partial charge in [-0.15, -0.1) is 0 Å². The standard InChI is InChI=1S/C24H24N4O5/c1-3-27(23-22(28(30)31)5-4-14-25-23)18-8-12-21(13-9-18)33-20-10-6-17(7-11-20)15-19-16-32-24(29)26(19)2/h4-14,19H,3,15-16H2,1-2H3. The number of cyclic esters (lactones) is 1. The third-order valence-corrected chi connectivity index (χ3v) is 5.55. The number of ether oxygens (including phenoxy) is 2. The number of amides is 1. The van der Waals surface area contributed by atoms with E-state index >= 15 is 0 Å². The summed E-state index contributed by atoms with van der Waals surface area (Å²) >= 11 is 0. The first kappa shape index (κ1) is 22.1. The number of hydrogen-bond acceptors (Lipinski definition) is 7. The molecule has 0 spiro atoms. The van der Waals surface area contributed by atoms with Crippen LogP contribution in [0.15, 0.2) is 66.9 Å². The van der Waals surface area contributed by atoms with Crippen molar-refractivity contribution in [3.8, 4) is 11.5 Å². The van der Waals surface area contributed by atoms with Crippen molar-refractivity contribution in [1.29, 1.82) is 0 Å². The summed E-state index contributed by atoms with van der Waals surface area (Å²) in [6.07, 6.45) is 1.97. The van der Waals surface area contributed by atoms with Crippen LogP contribution in [-0.4, -0.2) is 47.1 Å². The number of hydrogen-bond donors (Lipinski definition) is 0. The van der Waals surface area contributed by atoms with Gasteiger partial charge in [-0.3, -0.25) is 10.1 Å². The average Bonchev–Trinajstić information content (AvgIpc) is 3.14. The first-order valence-corrected chi connectivity index (χ1v) is 10.6. The van der Waals surface area contributed by atoms with E-state index in [0.717, 1.165) is 11.3 Å². The summed E-state index contributed by atoms with van der Waals surface area (Å²) < 4.78 is 11.0. The summed E-state index contributed by atoms with van der Waals surface area (Å²) in [5.41, 5.74) is 1.82. The van der Waals surface area contributed by atoms with Crippen LogP contribution in [-0.2, 0) is 11.2 Å². The number of pyridine rings is 1. The Hall–Kier alpha value is -4.14. The first-order chi connectivity index (χ1) is 16.0. The van der Waals surface area contributed by atoms with E-state index in [1.165, 1.54) is 6.07 Å². The van der Waals surface area contributed by atoms with Crippen molar-refractivity contribution < 1.29 is 19.2 Å². The number of likely N-dealkylation sites (N-methyl/N-ethyl adjacent to an activating group) is 1. The summed E-state index contributed by atoms with van der Waals surface area (Å²) in [6, 6.07) is 18.1. The molecule has 0 N–H and O–H groups in total. The quantitative estimate of drug-likeness (QED) is 0.356. The summed E-state index contributed by atoms with van der Waals surface area (Å²) in [6.45, 7) is 2.83. The Balaban J connectivity index is 1.43. The number of rotatable bonds is 8. The number of nitrogens with zero attached hydrogens (tertiary/aromatic N) is 4. The van der Waals surface area contributed by atoms with Gasteiger partial charge in [0.1, 0.15) is 18.1 Å². The fourth-order valence-electron chi connectivity index (χ4n) is 3.72. The molecule has 0 bridgehead atoms. The Morgan fingerprint density at radius 2 is 1.82 bits per heavy atom. The molecule has 33 heavy (non-hydrogen) atoms. The number of anilines is 2. The predicted octanol–water partition coefficient (Wildman–Crippen LogP) is 4.93. The van der Waals surface area contributed by atoms with Crippen LogP contribution in [0.2, 0.25) is 0 Å². The second-order valence-corrected chi connectivity index (χ2v) is 7.63. The molecule has 3 aromatic rings. The van der Waals surface area contributed by atoms with Crippen LogP contribution in [0.5, 0.6) is 11.5 Å². The van der Waals surface area contributed by atoms with E-state index in [4.69, 9.17) is 9.47 Å². The van der Waals surface area contributed by atoms with Crippen LogP contribution < -0.4 is 9.64 Å². The second kappa shape index (κ2) is 9.56. The summed E-state index contributed by atoms with van der Waals surface area (Å²) in [7, 11) is 1.74. The van der Waals surface area contributed by atoms with Gasteiger partial charge in [-0.2, -0.15) is 0 Å². The van der Waals surface area contributed by atoms with Gasteiger partial charge in [0.15, 0.2) is 0 Å². The molecule has 1 amide bonds. The minimum absolute atomic E-state index is 0.0354. The largest absolute Gasteiger partial charge is 0.457 e. The Morgan fingerprint density at radius 3 is 2.39 bits per heavy atom. The van der Waals surface area contributed by atoms with Crippen LogP contribution in [0, 0.1) is 10.1 Å². The summed E-state index contributed by atoms with van der Waals surface area (Å²) in [5.74, 6) is 1.63. The average molecular weight is 448 g/mol. The van der Waals surface area contributed by atoms with Crippen LogP contribution in [0.4, 0.5) is 22.0 Å². The lowest BCUT2D eigenvalue weighted by Gasteiger charge is -2.22. The molecular weight excluding hydrogens is 424 g/mol. The molecule has 9 nitrogen and oxygen atoms in total. The lowest BCUT2D eigenvalue weighted by atomic mass is 10.1. The van der Waals surface area contributed by atoms with Crippen molar-refractivity contribution in [1.82, 2.24) is 9.88 Å². The molecule has 1 aliphatic rings. The number of nitro groups is 1. The molecule has 170 valence electrons. The Labute approximate surface area is 191 Å². The molecule has 1 atom stereocenters. The van der Waals surface area contributed by atoms with Gasteiger partial charge >= 0.3 is 11.8 Å². The fourth-order valence-corrected chi connectivity index (χ4v) is 3.72. The monoisotopic (exact) mass is 448 g/mol. The lowest BCUT2D eigenvalue weighted by Crippen LogP contribution is -2.30. The highest BCUT2D eigenvalue weighted by Crippen LogP contribution is 2.32. The highest BCUT2D eigenvalue weighted by molar-refractivity contribution is 5.70. The van der Waals surface area contributed by atoms with Crippen LogP contribution >= 0.6 is 0 Å². The number of benzene rings is 2. The molecular formula is C24H24N4O5. The first-order valence-electron chi connectivity index (χ1n) is 10.6. The van der Waals surface area contributed by atoms with E-state index in [1.54, 1.807) is 29.1 Å². The van der Waals surface area contributed by atoms with Crippen LogP contribution in [0.1, 0.15) is 12.5 Å². The Morgan fingerprint density at radius 1 is 1.15 bits per heavy atom. The molecule has 2 heterocycles. The number of carbonyl (C=O) groups is 1. The van der Waals surface area contributed by atoms with Gasteiger partial charge in [0.2, 0.25) is 5.82 Å². The van der Waals surface area contributed by atoms with Gasteiger partial charge in [-0.05, 0) is 61.4 Å². The summed E-state index contributed by atoms with van der Waals surface area (Å²) in [5, 5.41) is 11.4. The van der Waals surface area contributed by atoms with Crippen molar-refractivity contribution >= 4 is 23.3 Å². The highest BCUT2D eigenvalue weighted by atomic mass is 16.6. The van der Waals surface area contributed by atoms with Gasteiger partial charge in [-0.25, -0.2) is 9.78 Å². The molecule has 1 fully saturated rings. The fraction of sp³-hybridized carbons (Fsp3) is 0.250. The minimum atomic E-state index is -0.429. The third kappa shape index (κ3) is 4.87. The molecule has 1 saturated heterocycles. The number of aromatic nitrogens is 1. The van der Waals surface area contributed by atoms with Crippen molar-refractivity contribution in [3.63, 3.8) is 0 Å². The van der Waals surface area contributed by atoms with E-state index in [0.29, 0.717) is 36.9 Å². The van der Waals surface area contributed by atoms with E-state index in [9.17, 15) is 14.9 Å². The maximum atomic E-state index is 11.5. The zero-order valence-electron chi connectivity index (χ0n) is 18.4. The van der Waals surface area contributed by atoms with Gasteiger partial charge < -0.3 is 19.3 Å².